The Bertz CT molecular complexity index is 489. The average molecular weight is 293 g/mol. The van der Waals surface area contributed by atoms with Crippen molar-refractivity contribution in [1.29, 1.82) is 0 Å². The fraction of sp³-hybridized carbons (Fsp3) is 0.733. The van der Waals surface area contributed by atoms with Crippen molar-refractivity contribution < 1.29 is 14.1 Å². The summed E-state index contributed by atoms with van der Waals surface area (Å²) in [6, 6.07) is 0.0775. The third kappa shape index (κ3) is 2.90. The van der Waals surface area contributed by atoms with Crippen molar-refractivity contribution in [3.05, 3.63) is 17.0 Å². The molecule has 0 unspecified atom stereocenters. The summed E-state index contributed by atoms with van der Waals surface area (Å²) >= 11 is 0. The van der Waals surface area contributed by atoms with Crippen LogP contribution in [-0.2, 0) is 4.74 Å². The molecule has 1 aromatic heterocycles. The van der Waals surface area contributed by atoms with Gasteiger partial charge in [0, 0.05) is 25.3 Å². The Balaban J connectivity index is 1.64. The highest BCUT2D eigenvalue weighted by Crippen LogP contribution is 2.35. The lowest BCUT2D eigenvalue weighted by Gasteiger charge is -2.25. The fourth-order valence-corrected chi connectivity index (χ4v) is 3.38. The molecule has 0 aliphatic carbocycles. The molecule has 6 heteroatoms. The Hall–Kier alpha value is -1.56. The van der Waals surface area contributed by atoms with Crippen molar-refractivity contribution in [2.24, 2.45) is 0 Å². The van der Waals surface area contributed by atoms with Crippen molar-refractivity contribution in [3.63, 3.8) is 0 Å². The first-order chi connectivity index (χ1) is 10.2. The number of hydrogen-bond donors (Lipinski definition) is 1. The largest absolute Gasteiger partial charge is 0.376 e. The minimum absolute atomic E-state index is 0.00648. The molecule has 0 bridgehead atoms. The average Bonchev–Trinajstić information content (AvgIpc) is 3.18. The number of amides is 2. The topological polar surface area (TPSA) is 67.6 Å². The van der Waals surface area contributed by atoms with Crippen molar-refractivity contribution in [3.8, 4) is 0 Å². The molecule has 2 amide bonds. The number of rotatable bonds is 3. The van der Waals surface area contributed by atoms with Crippen molar-refractivity contribution >= 4 is 6.03 Å². The first-order valence-corrected chi connectivity index (χ1v) is 7.75. The van der Waals surface area contributed by atoms with Gasteiger partial charge in [-0.25, -0.2) is 4.79 Å². The summed E-state index contributed by atoms with van der Waals surface area (Å²) in [4.78, 5) is 14.3. The molecule has 6 nitrogen and oxygen atoms in total. The number of nitrogens with zero attached hydrogens (tertiary/aromatic N) is 2. The SMILES string of the molecule is Cc1noc(C)c1[C@@H]1CCCN1C(=O)NC[C@H]1CCCO1. The van der Waals surface area contributed by atoms with Crippen LogP contribution in [0.15, 0.2) is 4.52 Å². The number of hydrogen-bond acceptors (Lipinski definition) is 4. The third-order valence-electron chi connectivity index (χ3n) is 4.44. The molecule has 2 aliphatic rings. The lowest BCUT2D eigenvalue weighted by atomic mass is 10.0. The normalized spacial score (nSPS) is 25.5. The summed E-state index contributed by atoms with van der Waals surface area (Å²) in [5.74, 6) is 0.816. The first-order valence-electron chi connectivity index (χ1n) is 7.75. The molecule has 0 radical (unpaired) electrons. The maximum Gasteiger partial charge on any atom is 0.318 e. The van der Waals surface area contributed by atoms with E-state index in [0.29, 0.717) is 6.54 Å². The Labute approximate surface area is 124 Å². The second kappa shape index (κ2) is 6.05. The smallest absolute Gasteiger partial charge is 0.318 e. The van der Waals surface area contributed by atoms with E-state index < -0.39 is 0 Å². The van der Waals surface area contributed by atoms with Gasteiger partial charge in [0.1, 0.15) is 5.76 Å². The van der Waals surface area contributed by atoms with Crippen LogP contribution in [0.1, 0.15) is 48.7 Å². The van der Waals surface area contributed by atoms with Gasteiger partial charge in [-0.1, -0.05) is 5.16 Å². The van der Waals surface area contributed by atoms with E-state index in [0.717, 1.165) is 55.9 Å². The Kier molecular flexibility index (Phi) is 4.14. The van der Waals surface area contributed by atoms with Gasteiger partial charge in [0.15, 0.2) is 0 Å². The summed E-state index contributed by atoms with van der Waals surface area (Å²) in [5, 5.41) is 7.02. The zero-order valence-electron chi connectivity index (χ0n) is 12.7. The number of ether oxygens (including phenoxy) is 1. The van der Waals surface area contributed by atoms with Crippen LogP contribution in [-0.4, -0.2) is 41.9 Å². The van der Waals surface area contributed by atoms with E-state index in [9.17, 15) is 4.79 Å². The molecule has 2 fully saturated rings. The van der Waals surface area contributed by atoms with Crippen molar-refractivity contribution in [1.82, 2.24) is 15.4 Å². The third-order valence-corrected chi connectivity index (χ3v) is 4.44. The van der Waals surface area contributed by atoms with Gasteiger partial charge in [-0.3, -0.25) is 0 Å². The number of aromatic nitrogens is 1. The first kappa shape index (κ1) is 14.4. The predicted molar refractivity (Wildman–Crippen MR) is 77.0 cm³/mol. The molecule has 1 aromatic rings. The molecule has 2 saturated heterocycles. The molecule has 0 spiro atoms. The van der Waals surface area contributed by atoms with E-state index in [1.807, 2.05) is 18.7 Å². The minimum Gasteiger partial charge on any atom is -0.376 e. The van der Waals surface area contributed by atoms with Gasteiger partial charge < -0.3 is 19.5 Å². The molecular formula is C15H23N3O3. The van der Waals surface area contributed by atoms with Gasteiger partial charge in [-0.15, -0.1) is 0 Å². The Morgan fingerprint density at radius 3 is 2.90 bits per heavy atom. The van der Waals surface area contributed by atoms with E-state index >= 15 is 0 Å². The number of carbonyl (C=O) groups excluding carboxylic acids is 1. The maximum atomic E-state index is 12.4. The number of carbonyl (C=O) groups is 1. The van der Waals surface area contributed by atoms with Gasteiger partial charge >= 0.3 is 6.03 Å². The van der Waals surface area contributed by atoms with Gasteiger partial charge in [0.25, 0.3) is 0 Å². The van der Waals surface area contributed by atoms with Crippen LogP contribution in [0.25, 0.3) is 0 Å². The zero-order valence-corrected chi connectivity index (χ0v) is 12.7. The molecular weight excluding hydrogens is 270 g/mol. The van der Waals surface area contributed by atoms with Crippen LogP contribution in [0.2, 0.25) is 0 Å². The number of likely N-dealkylation sites (tertiary alicyclic amines) is 1. The fourth-order valence-electron chi connectivity index (χ4n) is 3.38. The van der Waals surface area contributed by atoms with Crippen molar-refractivity contribution in [2.75, 3.05) is 19.7 Å². The van der Waals surface area contributed by atoms with Gasteiger partial charge in [-0.05, 0) is 39.5 Å². The van der Waals surface area contributed by atoms with Crippen LogP contribution in [0.3, 0.4) is 0 Å². The number of urea groups is 1. The van der Waals surface area contributed by atoms with E-state index in [2.05, 4.69) is 10.5 Å². The molecule has 3 heterocycles. The number of aryl methyl sites for hydroxylation is 2. The predicted octanol–water partition coefficient (Wildman–Crippen LogP) is 2.32. The summed E-state index contributed by atoms with van der Waals surface area (Å²) in [6.45, 7) is 6.05. The van der Waals surface area contributed by atoms with Crippen LogP contribution in [0.5, 0.6) is 0 Å². The summed E-state index contributed by atoms with van der Waals surface area (Å²) in [6.07, 6.45) is 4.28. The second-order valence-corrected chi connectivity index (χ2v) is 5.91. The number of nitrogens with one attached hydrogen (secondary N) is 1. The maximum absolute atomic E-state index is 12.4. The molecule has 2 atom stereocenters. The van der Waals surface area contributed by atoms with Crippen LogP contribution < -0.4 is 5.32 Å². The molecule has 21 heavy (non-hydrogen) atoms. The Morgan fingerprint density at radius 1 is 1.38 bits per heavy atom. The van der Waals surface area contributed by atoms with Crippen molar-refractivity contribution in [2.45, 2.75) is 51.7 Å². The van der Waals surface area contributed by atoms with E-state index in [4.69, 9.17) is 9.26 Å². The van der Waals surface area contributed by atoms with E-state index in [1.54, 1.807) is 0 Å². The summed E-state index contributed by atoms with van der Waals surface area (Å²) in [5.41, 5.74) is 1.95. The second-order valence-electron chi connectivity index (χ2n) is 5.91. The van der Waals surface area contributed by atoms with Crippen LogP contribution >= 0.6 is 0 Å². The highest BCUT2D eigenvalue weighted by Gasteiger charge is 2.34. The standard InChI is InChI=1S/C15H23N3O3/c1-10-14(11(2)21-17-10)13-6-3-7-18(13)15(19)16-9-12-5-4-8-20-12/h12-13H,3-9H2,1-2H3,(H,16,19)/t12-,13+/m1/s1. The Morgan fingerprint density at radius 2 is 2.24 bits per heavy atom. The van der Waals surface area contributed by atoms with Gasteiger partial charge in [0.2, 0.25) is 0 Å². The van der Waals surface area contributed by atoms with Gasteiger partial charge in [0.05, 0.1) is 17.8 Å². The molecule has 3 rings (SSSR count). The van der Waals surface area contributed by atoms with Crippen LogP contribution in [0, 0.1) is 13.8 Å². The molecule has 116 valence electrons. The van der Waals surface area contributed by atoms with Crippen LogP contribution in [0.4, 0.5) is 4.79 Å². The highest BCUT2D eigenvalue weighted by atomic mass is 16.5. The summed E-state index contributed by atoms with van der Waals surface area (Å²) < 4.78 is 10.8. The summed E-state index contributed by atoms with van der Waals surface area (Å²) in [7, 11) is 0. The van der Waals surface area contributed by atoms with Gasteiger partial charge in [-0.2, -0.15) is 0 Å². The quantitative estimate of drug-likeness (QED) is 0.928. The molecule has 0 aromatic carbocycles. The monoisotopic (exact) mass is 293 g/mol. The lowest BCUT2D eigenvalue weighted by molar-refractivity contribution is 0.108. The molecule has 1 N–H and O–H groups in total. The lowest BCUT2D eigenvalue weighted by Crippen LogP contribution is -2.42. The van der Waals surface area contributed by atoms with E-state index in [-0.39, 0.29) is 18.2 Å². The molecule has 2 aliphatic heterocycles. The molecule has 0 saturated carbocycles. The minimum atomic E-state index is -0.00648. The van der Waals surface area contributed by atoms with E-state index in [1.165, 1.54) is 0 Å². The highest BCUT2D eigenvalue weighted by molar-refractivity contribution is 5.75. The zero-order chi connectivity index (χ0) is 14.8.